The Kier molecular flexibility index (Phi) is 10.2. The number of carbonyl (C=O) groups excluding carboxylic acids is 1. The molecule has 0 fully saturated rings. The molecule has 0 saturated heterocycles. The highest BCUT2D eigenvalue weighted by Crippen LogP contribution is 1.93. The van der Waals surface area contributed by atoms with E-state index in [1.807, 2.05) is 0 Å². The van der Waals surface area contributed by atoms with Crippen molar-refractivity contribution in [2.75, 3.05) is 26.4 Å². The van der Waals surface area contributed by atoms with E-state index in [2.05, 4.69) is 6.92 Å². The zero-order chi connectivity index (χ0) is 9.07. The van der Waals surface area contributed by atoms with Crippen molar-refractivity contribution in [3.05, 3.63) is 0 Å². The van der Waals surface area contributed by atoms with Gasteiger partial charge in [-0.3, -0.25) is 0 Å². The molecule has 0 saturated carbocycles. The fourth-order valence-electron chi connectivity index (χ4n) is 0.805. The maximum atomic E-state index is 9.81. The van der Waals surface area contributed by atoms with Crippen LogP contribution in [0.25, 0.3) is 0 Å². The first-order valence-electron chi connectivity index (χ1n) is 4.51. The van der Waals surface area contributed by atoms with E-state index < -0.39 is 0 Å². The molecule has 0 aliphatic rings. The first-order valence-corrected chi connectivity index (χ1v) is 4.51. The van der Waals surface area contributed by atoms with Crippen molar-refractivity contribution in [2.24, 2.45) is 0 Å². The zero-order valence-electron chi connectivity index (χ0n) is 7.75. The summed E-state index contributed by atoms with van der Waals surface area (Å²) < 4.78 is 10.1. The minimum Gasteiger partial charge on any atom is -0.379 e. The van der Waals surface area contributed by atoms with Gasteiger partial charge >= 0.3 is 0 Å². The van der Waals surface area contributed by atoms with Crippen molar-refractivity contribution < 1.29 is 14.3 Å². The third-order valence-electron chi connectivity index (χ3n) is 1.45. The Morgan fingerprint density at radius 3 is 2.50 bits per heavy atom. The highest BCUT2D eigenvalue weighted by Gasteiger charge is 1.88. The summed E-state index contributed by atoms with van der Waals surface area (Å²) in [5.41, 5.74) is 0. The first kappa shape index (κ1) is 11.6. The van der Waals surface area contributed by atoms with Crippen LogP contribution in [0.4, 0.5) is 0 Å². The number of rotatable bonds is 9. The van der Waals surface area contributed by atoms with E-state index >= 15 is 0 Å². The lowest BCUT2D eigenvalue weighted by molar-refractivity contribution is -0.112. The molecule has 12 heavy (non-hydrogen) atoms. The Hall–Kier alpha value is -0.410. The van der Waals surface area contributed by atoms with Gasteiger partial charge in [-0.1, -0.05) is 19.8 Å². The number of carbonyl (C=O) groups is 1. The lowest BCUT2D eigenvalue weighted by Crippen LogP contribution is -2.06. The summed E-state index contributed by atoms with van der Waals surface area (Å²) in [7, 11) is 0. The minimum atomic E-state index is 0.179. The second-order valence-corrected chi connectivity index (χ2v) is 2.56. The lowest BCUT2D eigenvalue weighted by atomic mass is 10.3. The Bertz CT molecular complexity index is 93.8. The molecule has 0 aromatic carbocycles. The van der Waals surface area contributed by atoms with Crippen LogP contribution >= 0.6 is 0 Å². The van der Waals surface area contributed by atoms with E-state index in [9.17, 15) is 4.79 Å². The van der Waals surface area contributed by atoms with Crippen LogP contribution in [0.2, 0.25) is 0 Å². The van der Waals surface area contributed by atoms with Gasteiger partial charge in [-0.15, -0.1) is 0 Å². The summed E-state index contributed by atoms with van der Waals surface area (Å²) in [5.74, 6) is 0. The summed E-state index contributed by atoms with van der Waals surface area (Å²) >= 11 is 0. The third-order valence-corrected chi connectivity index (χ3v) is 1.45. The van der Waals surface area contributed by atoms with Crippen molar-refractivity contribution in [3.8, 4) is 0 Å². The van der Waals surface area contributed by atoms with Gasteiger partial charge in [-0.05, 0) is 6.42 Å². The average Bonchev–Trinajstić information content (AvgIpc) is 2.10. The topological polar surface area (TPSA) is 35.5 Å². The Morgan fingerprint density at radius 1 is 1.08 bits per heavy atom. The molecule has 0 unspecified atom stereocenters. The van der Waals surface area contributed by atoms with E-state index in [4.69, 9.17) is 9.47 Å². The van der Waals surface area contributed by atoms with Crippen molar-refractivity contribution in [2.45, 2.75) is 26.2 Å². The van der Waals surface area contributed by atoms with Crippen LogP contribution in [0.1, 0.15) is 26.2 Å². The average molecular weight is 174 g/mol. The molecular formula is C9H18O3. The summed E-state index contributed by atoms with van der Waals surface area (Å²) in [6.07, 6.45) is 4.29. The standard InChI is InChI=1S/C9H18O3/c1-2-3-4-6-11-8-9-12-7-5-10/h5H,2-4,6-9H2,1H3. The molecule has 0 N–H and O–H groups in total. The zero-order valence-corrected chi connectivity index (χ0v) is 7.75. The SMILES string of the molecule is CCCCCOCCOCC=O. The highest BCUT2D eigenvalue weighted by atomic mass is 16.5. The monoisotopic (exact) mass is 174 g/mol. The molecule has 0 aromatic rings. The molecule has 0 aromatic heterocycles. The quantitative estimate of drug-likeness (QED) is 0.391. The Labute approximate surface area is 74.0 Å². The van der Waals surface area contributed by atoms with Gasteiger partial charge in [0.15, 0.2) is 0 Å². The molecule has 0 radical (unpaired) electrons. The number of hydrogen-bond acceptors (Lipinski definition) is 3. The van der Waals surface area contributed by atoms with Gasteiger partial charge in [0.25, 0.3) is 0 Å². The van der Waals surface area contributed by atoms with Crippen molar-refractivity contribution in [1.29, 1.82) is 0 Å². The van der Waals surface area contributed by atoms with Crippen LogP contribution in [0.5, 0.6) is 0 Å². The molecule has 0 atom stereocenters. The Balaban J connectivity index is 2.77. The van der Waals surface area contributed by atoms with Crippen molar-refractivity contribution >= 4 is 6.29 Å². The van der Waals surface area contributed by atoms with Gasteiger partial charge in [0.05, 0.1) is 13.2 Å². The summed E-state index contributed by atoms with van der Waals surface area (Å²) in [4.78, 5) is 9.81. The van der Waals surface area contributed by atoms with E-state index in [0.717, 1.165) is 19.3 Å². The first-order chi connectivity index (χ1) is 5.91. The fourth-order valence-corrected chi connectivity index (χ4v) is 0.805. The van der Waals surface area contributed by atoms with Gasteiger partial charge < -0.3 is 14.3 Å². The highest BCUT2D eigenvalue weighted by molar-refractivity contribution is 5.50. The largest absolute Gasteiger partial charge is 0.379 e. The van der Waals surface area contributed by atoms with Gasteiger partial charge in [0, 0.05) is 6.61 Å². The number of ether oxygens (including phenoxy) is 2. The van der Waals surface area contributed by atoms with Gasteiger partial charge in [-0.2, -0.15) is 0 Å². The van der Waals surface area contributed by atoms with E-state index in [1.165, 1.54) is 12.8 Å². The van der Waals surface area contributed by atoms with E-state index in [1.54, 1.807) is 0 Å². The molecule has 3 nitrogen and oxygen atoms in total. The Morgan fingerprint density at radius 2 is 1.83 bits per heavy atom. The summed E-state index contributed by atoms with van der Waals surface area (Å²) in [6.45, 7) is 4.26. The van der Waals surface area contributed by atoms with Gasteiger partial charge in [0.1, 0.15) is 12.9 Å². The van der Waals surface area contributed by atoms with Crippen LogP contribution in [0, 0.1) is 0 Å². The molecule has 0 amide bonds. The second-order valence-electron chi connectivity index (χ2n) is 2.56. The van der Waals surface area contributed by atoms with Crippen LogP contribution in [-0.4, -0.2) is 32.7 Å². The van der Waals surface area contributed by atoms with Crippen LogP contribution in [-0.2, 0) is 14.3 Å². The summed E-state index contributed by atoms with van der Waals surface area (Å²) in [5, 5.41) is 0. The molecular weight excluding hydrogens is 156 g/mol. The van der Waals surface area contributed by atoms with Crippen LogP contribution in [0.15, 0.2) is 0 Å². The molecule has 72 valence electrons. The minimum absolute atomic E-state index is 0.179. The third kappa shape index (κ3) is 9.59. The molecule has 0 rings (SSSR count). The normalized spacial score (nSPS) is 10.1. The van der Waals surface area contributed by atoms with E-state index in [-0.39, 0.29) is 6.61 Å². The molecule has 0 spiro atoms. The smallest absolute Gasteiger partial charge is 0.145 e. The van der Waals surface area contributed by atoms with Crippen LogP contribution < -0.4 is 0 Å². The predicted molar refractivity (Wildman–Crippen MR) is 47.2 cm³/mol. The fraction of sp³-hybridized carbons (Fsp3) is 0.889. The predicted octanol–water partition coefficient (Wildman–Crippen LogP) is 1.41. The molecule has 0 aliphatic heterocycles. The molecule has 3 heteroatoms. The number of unbranched alkanes of at least 4 members (excludes halogenated alkanes) is 2. The van der Waals surface area contributed by atoms with Crippen molar-refractivity contribution in [1.82, 2.24) is 0 Å². The van der Waals surface area contributed by atoms with Crippen molar-refractivity contribution in [3.63, 3.8) is 0 Å². The number of hydrogen-bond donors (Lipinski definition) is 0. The molecule has 0 bridgehead atoms. The van der Waals surface area contributed by atoms with Crippen LogP contribution in [0.3, 0.4) is 0 Å². The number of aldehydes is 1. The maximum Gasteiger partial charge on any atom is 0.145 e. The molecule has 0 aliphatic carbocycles. The van der Waals surface area contributed by atoms with E-state index in [0.29, 0.717) is 13.2 Å². The lowest BCUT2D eigenvalue weighted by Gasteiger charge is -2.02. The molecule has 0 heterocycles. The maximum absolute atomic E-state index is 9.81. The second kappa shape index (κ2) is 10.6. The van der Waals surface area contributed by atoms with Gasteiger partial charge in [0.2, 0.25) is 0 Å². The summed E-state index contributed by atoms with van der Waals surface area (Å²) in [6, 6.07) is 0. The van der Waals surface area contributed by atoms with Gasteiger partial charge in [-0.25, -0.2) is 0 Å².